The molecule has 0 saturated heterocycles. The Bertz CT molecular complexity index is 314. The Balaban J connectivity index is 2.95. The molecule has 70 valence electrons. The van der Waals surface area contributed by atoms with Crippen LogP contribution in [0.25, 0.3) is 0 Å². The Kier molecular flexibility index (Phi) is 3.42. The summed E-state index contributed by atoms with van der Waals surface area (Å²) in [5.41, 5.74) is 0.465. The molecule has 0 bridgehead atoms. The number of nitrogens with zero attached hydrogens (tertiary/aromatic N) is 2. The van der Waals surface area contributed by atoms with Gasteiger partial charge in [-0.3, -0.25) is 4.79 Å². The van der Waals surface area contributed by atoms with Crippen molar-refractivity contribution in [1.29, 1.82) is 0 Å². The lowest BCUT2D eigenvalue weighted by molar-refractivity contribution is 0.0795. The van der Waals surface area contributed by atoms with Crippen molar-refractivity contribution in [2.45, 2.75) is 6.92 Å². The van der Waals surface area contributed by atoms with Gasteiger partial charge in [0.1, 0.15) is 5.69 Å². The van der Waals surface area contributed by atoms with Crippen LogP contribution in [0.1, 0.15) is 17.4 Å². The molecule has 0 aliphatic heterocycles. The Hall–Kier alpha value is -0.900. The summed E-state index contributed by atoms with van der Waals surface area (Å²) in [7, 11) is 1.75. The lowest BCUT2D eigenvalue weighted by atomic mass is 10.3. The normalized spacial score (nSPS) is 9.77. The Morgan fingerprint density at radius 2 is 2.38 bits per heavy atom. The van der Waals surface area contributed by atoms with Gasteiger partial charge >= 0.3 is 0 Å². The minimum atomic E-state index is -0.0602. The molecule has 0 aromatic carbocycles. The third-order valence-corrected chi connectivity index (χ3v) is 2.42. The molecule has 0 N–H and O–H groups in total. The molecular formula is C9H11BrN2O. The monoisotopic (exact) mass is 242 g/mol. The Labute approximate surface area is 85.9 Å². The molecule has 13 heavy (non-hydrogen) atoms. The first-order chi connectivity index (χ1) is 6.16. The maximum Gasteiger partial charge on any atom is 0.273 e. The van der Waals surface area contributed by atoms with E-state index in [0.29, 0.717) is 12.2 Å². The van der Waals surface area contributed by atoms with E-state index in [9.17, 15) is 4.79 Å². The Morgan fingerprint density at radius 3 is 2.92 bits per heavy atom. The van der Waals surface area contributed by atoms with Gasteiger partial charge in [0, 0.05) is 24.3 Å². The van der Waals surface area contributed by atoms with Gasteiger partial charge in [-0.2, -0.15) is 0 Å². The molecule has 0 atom stereocenters. The van der Waals surface area contributed by atoms with E-state index < -0.39 is 0 Å². The molecule has 0 aliphatic rings. The highest BCUT2D eigenvalue weighted by Crippen LogP contribution is 2.14. The summed E-state index contributed by atoms with van der Waals surface area (Å²) in [6, 6.07) is 3.59. The predicted molar refractivity (Wildman–Crippen MR) is 54.6 cm³/mol. The van der Waals surface area contributed by atoms with Crippen LogP contribution in [0.3, 0.4) is 0 Å². The molecule has 1 heterocycles. The summed E-state index contributed by atoms with van der Waals surface area (Å²) in [5.74, 6) is -0.0602. The number of amides is 1. The van der Waals surface area contributed by atoms with E-state index in [2.05, 4.69) is 20.9 Å². The van der Waals surface area contributed by atoms with Gasteiger partial charge < -0.3 is 4.90 Å². The number of carbonyl (C=O) groups excluding carboxylic acids is 1. The second-order valence-corrected chi connectivity index (χ2v) is 3.51. The van der Waals surface area contributed by atoms with Crippen LogP contribution in [-0.2, 0) is 0 Å². The first-order valence-electron chi connectivity index (χ1n) is 4.02. The number of rotatable bonds is 2. The van der Waals surface area contributed by atoms with Crippen molar-refractivity contribution < 1.29 is 4.79 Å². The number of pyridine rings is 1. The largest absolute Gasteiger partial charge is 0.341 e. The molecule has 3 nitrogen and oxygen atoms in total. The summed E-state index contributed by atoms with van der Waals surface area (Å²) >= 11 is 3.28. The zero-order chi connectivity index (χ0) is 9.84. The lowest BCUT2D eigenvalue weighted by Gasteiger charge is -2.14. The molecule has 0 unspecified atom stereocenters. The van der Waals surface area contributed by atoms with Crippen LogP contribution >= 0.6 is 15.9 Å². The van der Waals surface area contributed by atoms with Crippen molar-refractivity contribution in [2.24, 2.45) is 0 Å². The first kappa shape index (κ1) is 10.2. The fraction of sp³-hybridized carbons (Fsp3) is 0.333. The SMILES string of the molecule is CCN(C)C(=O)c1ncccc1Br. The lowest BCUT2D eigenvalue weighted by Crippen LogP contribution is -2.27. The molecular weight excluding hydrogens is 232 g/mol. The van der Waals surface area contributed by atoms with Gasteiger partial charge in [0.05, 0.1) is 0 Å². The second-order valence-electron chi connectivity index (χ2n) is 2.65. The van der Waals surface area contributed by atoms with E-state index in [1.807, 2.05) is 13.0 Å². The average molecular weight is 243 g/mol. The van der Waals surface area contributed by atoms with E-state index in [1.165, 1.54) is 0 Å². The van der Waals surface area contributed by atoms with Gasteiger partial charge in [-0.25, -0.2) is 4.98 Å². The van der Waals surface area contributed by atoms with Gasteiger partial charge in [0.2, 0.25) is 0 Å². The van der Waals surface area contributed by atoms with Crippen molar-refractivity contribution in [2.75, 3.05) is 13.6 Å². The summed E-state index contributed by atoms with van der Waals surface area (Å²) in [5, 5.41) is 0. The highest BCUT2D eigenvalue weighted by Gasteiger charge is 2.13. The molecule has 0 aliphatic carbocycles. The molecule has 1 rings (SSSR count). The van der Waals surface area contributed by atoms with Gasteiger partial charge in [-0.15, -0.1) is 0 Å². The van der Waals surface area contributed by atoms with E-state index in [-0.39, 0.29) is 5.91 Å². The van der Waals surface area contributed by atoms with Crippen LogP contribution in [0.2, 0.25) is 0 Å². The maximum atomic E-state index is 11.6. The molecule has 1 amide bonds. The van der Waals surface area contributed by atoms with Crippen molar-refractivity contribution in [3.63, 3.8) is 0 Å². The third kappa shape index (κ3) is 2.28. The zero-order valence-electron chi connectivity index (χ0n) is 7.62. The summed E-state index contributed by atoms with van der Waals surface area (Å²) in [4.78, 5) is 17.3. The molecule has 0 spiro atoms. The van der Waals surface area contributed by atoms with E-state index in [1.54, 1.807) is 24.2 Å². The minimum absolute atomic E-state index is 0.0602. The smallest absolute Gasteiger partial charge is 0.273 e. The topological polar surface area (TPSA) is 33.2 Å². The standard InChI is InChI=1S/C9H11BrN2O/c1-3-12(2)9(13)8-7(10)5-4-6-11-8/h4-6H,3H2,1-2H3. The Morgan fingerprint density at radius 1 is 1.69 bits per heavy atom. The predicted octanol–water partition coefficient (Wildman–Crippen LogP) is 1.94. The summed E-state index contributed by atoms with van der Waals surface area (Å²) < 4.78 is 0.736. The van der Waals surface area contributed by atoms with Crippen LogP contribution in [0.15, 0.2) is 22.8 Å². The first-order valence-corrected chi connectivity index (χ1v) is 4.82. The zero-order valence-corrected chi connectivity index (χ0v) is 9.21. The number of hydrogen-bond acceptors (Lipinski definition) is 2. The number of carbonyl (C=O) groups is 1. The molecule has 1 aromatic heterocycles. The molecule has 0 fully saturated rings. The number of aromatic nitrogens is 1. The highest BCUT2D eigenvalue weighted by atomic mass is 79.9. The van der Waals surface area contributed by atoms with Gasteiger partial charge in [0.25, 0.3) is 5.91 Å². The minimum Gasteiger partial charge on any atom is -0.341 e. The van der Waals surface area contributed by atoms with Crippen LogP contribution in [0, 0.1) is 0 Å². The van der Waals surface area contributed by atoms with Gasteiger partial charge in [-0.1, -0.05) is 0 Å². The summed E-state index contributed by atoms with van der Waals surface area (Å²) in [6.07, 6.45) is 1.61. The van der Waals surface area contributed by atoms with Crippen molar-refractivity contribution >= 4 is 21.8 Å². The maximum absolute atomic E-state index is 11.6. The molecule has 0 saturated carbocycles. The quantitative estimate of drug-likeness (QED) is 0.795. The van der Waals surface area contributed by atoms with Gasteiger partial charge in [0.15, 0.2) is 0 Å². The second kappa shape index (κ2) is 4.37. The van der Waals surface area contributed by atoms with Crippen LogP contribution < -0.4 is 0 Å². The van der Waals surface area contributed by atoms with E-state index in [0.717, 1.165) is 4.47 Å². The highest BCUT2D eigenvalue weighted by molar-refractivity contribution is 9.10. The summed E-state index contributed by atoms with van der Waals surface area (Å²) in [6.45, 7) is 2.61. The van der Waals surface area contributed by atoms with Gasteiger partial charge in [-0.05, 0) is 35.0 Å². The number of halogens is 1. The molecule has 0 radical (unpaired) electrons. The third-order valence-electron chi connectivity index (χ3n) is 1.78. The van der Waals surface area contributed by atoms with E-state index in [4.69, 9.17) is 0 Å². The van der Waals surface area contributed by atoms with Crippen molar-refractivity contribution in [1.82, 2.24) is 9.88 Å². The van der Waals surface area contributed by atoms with E-state index >= 15 is 0 Å². The van der Waals surface area contributed by atoms with Crippen LogP contribution in [-0.4, -0.2) is 29.4 Å². The van der Waals surface area contributed by atoms with Crippen LogP contribution in [0.5, 0.6) is 0 Å². The fourth-order valence-corrected chi connectivity index (χ4v) is 1.29. The van der Waals surface area contributed by atoms with Crippen molar-refractivity contribution in [3.05, 3.63) is 28.5 Å². The fourth-order valence-electron chi connectivity index (χ4n) is 0.867. The van der Waals surface area contributed by atoms with Crippen LogP contribution in [0.4, 0.5) is 0 Å². The number of hydrogen-bond donors (Lipinski definition) is 0. The molecule has 4 heteroatoms. The van der Waals surface area contributed by atoms with Crippen molar-refractivity contribution in [3.8, 4) is 0 Å². The average Bonchev–Trinajstić information content (AvgIpc) is 2.16. The molecule has 1 aromatic rings.